The summed E-state index contributed by atoms with van der Waals surface area (Å²) in [4.78, 5) is 23.2. The molecule has 9 heteroatoms. The number of ether oxygens (including phenoxy) is 1. The fraction of sp³-hybridized carbons (Fsp3) is 0.857. The van der Waals surface area contributed by atoms with E-state index in [4.69, 9.17) is 19.5 Å². The second-order valence-corrected chi connectivity index (χ2v) is 8.44. The van der Waals surface area contributed by atoms with E-state index in [0.29, 0.717) is 0 Å². The van der Waals surface area contributed by atoms with E-state index in [-0.39, 0.29) is 12.8 Å². The Bertz CT molecular complexity index is 433. The van der Waals surface area contributed by atoms with E-state index < -0.39 is 37.7 Å². The van der Waals surface area contributed by atoms with E-state index >= 15 is 0 Å². The Morgan fingerprint density at radius 3 is 1.91 bits per heavy atom. The Balaban J connectivity index is 5.21. The molecule has 0 saturated heterocycles. The molecule has 8 nitrogen and oxygen atoms in total. The Morgan fingerprint density at radius 1 is 1.17 bits per heavy atom. The second kappa shape index (κ2) is 8.78. The molecule has 0 heterocycles. The molecule has 0 spiro atoms. The van der Waals surface area contributed by atoms with E-state index in [0.717, 1.165) is 4.67 Å². The summed E-state index contributed by atoms with van der Waals surface area (Å²) in [7, 11) is -3.97. The maximum Gasteiger partial charge on any atom is 0.439 e. The lowest BCUT2D eigenvalue weighted by atomic mass is 10.2. The van der Waals surface area contributed by atoms with Gasteiger partial charge in [-0.15, -0.1) is 0 Å². The Labute approximate surface area is 138 Å². The van der Waals surface area contributed by atoms with Gasteiger partial charge in [0, 0.05) is 0 Å². The van der Waals surface area contributed by atoms with E-state index in [1.54, 1.807) is 48.5 Å². The van der Waals surface area contributed by atoms with Crippen LogP contribution in [0.4, 0.5) is 0 Å². The SMILES string of the molecule is CC(C)OP(=O)(OC(C)C)N(C=O)C(N)CC(=O)OC(C)(C)C. The highest BCUT2D eigenvalue weighted by atomic mass is 31.2. The number of nitrogens with zero attached hydrogens (tertiary/aromatic N) is 1. The third-order valence-corrected chi connectivity index (χ3v) is 4.55. The number of carbonyl (C=O) groups excluding carboxylic acids is 2. The first kappa shape index (κ1) is 22.1. The summed E-state index contributed by atoms with van der Waals surface area (Å²) in [6.45, 7) is 11.7. The smallest absolute Gasteiger partial charge is 0.439 e. The van der Waals surface area contributed by atoms with Crippen molar-refractivity contribution in [1.82, 2.24) is 4.67 Å². The lowest BCUT2D eigenvalue weighted by Gasteiger charge is -2.33. The van der Waals surface area contributed by atoms with Crippen molar-refractivity contribution < 1.29 is 27.9 Å². The molecule has 0 aliphatic heterocycles. The predicted octanol–water partition coefficient (Wildman–Crippen LogP) is 2.42. The Morgan fingerprint density at radius 2 is 1.61 bits per heavy atom. The molecular weight excluding hydrogens is 323 g/mol. The standard InChI is InChI=1S/C14H29N2O6P/c1-10(2)21-23(19,22-11(3)4)16(9-17)12(15)8-13(18)20-14(5,6)7/h9-12H,8,15H2,1-7H3. The van der Waals surface area contributed by atoms with Gasteiger partial charge in [-0.05, 0) is 48.5 Å². The molecular formula is C14H29N2O6P. The maximum absolute atomic E-state index is 12.9. The van der Waals surface area contributed by atoms with E-state index in [1.807, 2.05) is 0 Å². The molecule has 0 aromatic heterocycles. The topological polar surface area (TPSA) is 108 Å². The third kappa shape index (κ3) is 8.46. The average Bonchev–Trinajstić information content (AvgIpc) is 2.22. The number of carbonyl (C=O) groups is 2. The van der Waals surface area contributed by atoms with Gasteiger partial charge in [0.2, 0.25) is 6.41 Å². The first-order chi connectivity index (χ1) is 10.3. The minimum absolute atomic E-state index is 0.264. The summed E-state index contributed by atoms with van der Waals surface area (Å²) in [5, 5.41) is 0. The van der Waals surface area contributed by atoms with E-state index in [2.05, 4.69) is 0 Å². The Kier molecular flexibility index (Phi) is 8.41. The zero-order chi connectivity index (χ0) is 18.4. The zero-order valence-electron chi connectivity index (χ0n) is 14.9. The number of rotatable bonds is 9. The fourth-order valence-electron chi connectivity index (χ4n) is 1.63. The van der Waals surface area contributed by atoms with Gasteiger partial charge in [-0.3, -0.25) is 18.6 Å². The number of amides is 1. The molecule has 0 aliphatic carbocycles. The third-order valence-electron chi connectivity index (χ3n) is 2.21. The van der Waals surface area contributed by atoms with Crippen LogP contribution in [0.5, 0.6) is 0 Å². The molecule has 0 bridgehead atoms. The molecule has 0 fully saturated rings. The summed E-state index contributed by atoms with van der Waals surface area (Å²) in [5.74, 6) is -0.613. The van der Waals surface area contributed by atoms with Gasteiger partial charge >= 0.3 is 13.7 Å². The van der Waals surface area contributed by atoms with E-state index in [9.17, 15) is 14.2 Å². The molecule has 0 saturated carbocycles. The van der Waals surface area contributed by atoms with Crippen LogP contribution in [-0.4, -0.2) is 41.0 Å². The van der Waals surface area contributed by atoms with Crippen LogP contribution in [0.15, 0.2) is 0 Å². The van der Waals surface area contributed by atoms with Crippen LogP contribution in [0.2, 0.25) is 0 Å². The lowest BCUT2D eigenvalue weighted by Crippen LogP contribution is -2.43. The second-order valence-electron chi connectivity index (χ2n) is 6.62. The van der Waals surface area contributed by atoms with Crippen LogP contribution >= 0.6 is 7.75 Å². The zero-order valence-corrected chi connectivity index (χ0v) is 15.8. The van der Waals surface area contributed by atoms with Crippen LogP contribution in [-0.2, 0) is 27.9 Å². The molecule has 0 aromatic rings. The van der Waals surface area contributed by atoms with Crippen molar-refractivity contribution in [1.29, 1.82) is 0 Å². The van der Waals surface area contributed by atoms with Crippen LogP contribution < -0.4 is 5.73 Å². The van der Waals surface area contributed by atoms with Gasteiger partial charge in [0.05, 0.1) is 18.6 Å². The van der Waals surface area contributed by atoms with Crippen molar-refractivity contribution in [3.63, 3.8) is 0 Å². The lowest BCUT2D eigenvalue weighted by molar-refractivity contribution is -0.155. The minimum Gasteiger partial charge on any atom is -0.460 e. The highest BCUT2D eigenvalue weighted by Crippen LogP contribution is 2.54. The average molecular weight is 352 g/mol. The first-order valence-electron chi connectivity index (χ1n) is 7.49. The molecule has 0 radical (unpaired) electrons. The fourth-order valence-corrected chi connectivity index (χ4v) is 3.53. The van der Waals surface area contributed by atoms with Gasteiger partial charge in [0.15, 0.2) is 0 Å². The van der Waals surface area contributed by atoms with Gasteiger partial charge in [0.1, 0.15) is 11.8 Å². The van der Waals surface area contributed by atoms with Crippen LogP contribution in [0.25, 0.3) is 0 Å². The van der Waals surface area contributed by atoms with Crippen molar-refractivity contribution in [2.45, 2.75) is 78.9 Å². The minimum atomic E-state index is -3.97. The number of hydrogen-bond donors (Lipinski definition) is 1. The van der Waals surface area contributed by atoms with Crippen molar-refractivity contribution in [2.24, 2.45) is 5.73 Å². The van der Waals surface area contributed by atoms with Crippen LogP contribution in [0, 0.1) is 0 Å². The number of esters is 1. The summed E-state index contributed by atoms with van der Waals surface area (Å²) in [6, 6.07) is 0. The highest BCUT2D eigenvalue weighted by Gasteiger charge is 2.39. The van der Waals surface area contributed by atoms with Gasteiger partial charge in [-0.25, -0.2) is 9.24 Å². The normalized spacial score (nSPS) is 14.0. The maximum atomic E-state index is 12.9. The van der Waals surface area contributed by atoms with Gasteiger partial charge in [-0.2, -0.15) is 0 Å². The molecule has 1 unspecified atom stereocenters. The number of hydrogen-bond acceptors (Lipinski definition) is 7. The van der Waals surface area contributed by atoms with Gasteiger partial charge in [-0.1, -0.05) is 0 Å². The summed E-state index contributed by atoms with van der Waals surface area (Å²) >= 11 is 0. The molecule has 0 aliphatic rings. The monoisotopic (exact) mass is 352 g/mol. The molecule has 1 amide bonds. The predicted molar refractivity (Wildman–Crippen MR) is 86.4 cm³/mol. The summed E-state index contributed by atoms with van der Waals surface area (Å²) < 4.78 is 29.4. The molecule has 136 valence electrons. The van der Waals surface area contributed by atoms with Gasteiger partial charge in [0.25, 0.3) is 0 Å². The summed E-state index contributed by atoms with van der Waals surface area (Å²) in [6.07, 6.45) is -2.18. The van der Waals surface area contributed by atoms with Crippen molar-refractivity contribution >= 4 is 20.1 Å². The quantitative estimate of drug-likeness (QED) is 0.294. The van der Waals surface area contributed by atoms with Crippen molar-refractivity contribution in [3.8, 4) is 0 Å². The molecule has 23 heavy (non-hydrogen) atoms. The summed E-state index contributed by atoms with van der Waals surface area (Å²) in [5.41, 5.74) is 5.16. The molecule has 1 atom stereocenters. The van der Waals surface area contributed by atoms with Crippen LogP contribution in [0.3, 0.4) is 0 Å². The largest absolute Gasteiger partial charge is 0.460 e. The molecule has 2 N–H and O–H groups in total. The van der Waals surface area contributed by atoms with Gasteiger partial charge < -0.3 is 10.5 Å². The molecule has 0 aromatic carbocycles. The highest BCUT2D eigenvalue weighted by molar-refractivity contribution is 7.52. The first-order valence-corrected chi connectivity index (χ1v) is 8.98. The molecule has 0 rings (SSSR count). The number of nitrogens with two attached hydrogens (primary N) is 1. The van der Waals surface area contributed by atoms with E-state index in [1.165, 1.54) is 0 Å². The van der Waals surface area contributed by atoms with Crippen molar-refractivity contribution in [3.05, 3.63) is 0 Å². The Hall–Kier alpha value is -0.950. The van der Waals surface area contributed by atoms with Crippen molar-refractivity contribution in [2.75, 3.05) is 0 Å². The van der Waals surface area contributed by atoms with Crippen LogP contribution in [0.1, 0.15) is 54.9 Å².